The third-order valence-corrected chi connectivity index (χ3v) is 4.96. The van der Waals surface area contributed by atoms with Crippen molar-refractivity contribution in [3.63, 3.8) is 0 Å². The Morgan fingerprint density at radius 3 is 2.68 bits per heavy atom. The van der Waals surface area contributed by atoms with E-state index in [1.807, 2.05) is 0 Å². The Balaban J connectivity index is 1.97. The zero-order valence-electron chi connectivity index (χ0n) is 12.7. The van der Waals surface area contributed by atoms with Crippen molar-refractivity contribution in [2.45, 2.75) is 77.8 Å². The molecule has 2 N–H and O–H groups in total. The van der Waals surface area contributed by atoms with Gasteiger partial charge in [-0.2, -0.15) is 5.10 Å². The van der Waals surface area contributed by atoms with E-state index in [4.69, 9.17) is 10.8 Å². The molecule has 1 aromatic rings. The highest BCUT2D eigenvalue weighted by molar-refractivity contribution is 5.04. The van der Waals surface area contributed by atoms with E-state index in [0.29, 0.717) is 6.04 Å². The monoisotopic (exact) mass is 263 g/mol. The van der Waals surface area contributed by atoms with Gasteiger partial charge in [0.1, 0.15) is 0 Å². The fourth-order valence-electron chi connectivity index (χ4n) is 2.80. The molecule has 3 heteroatoms. The summed E-state index contributed by atoms with van der Waals surface area (Å²) < 4.78 is 2.18. The molecule has 0 aromatic carbocycles. The fourth-order valence-corrected chi connectivity index (χ4v) is 2.80. The lowest BCUT2D eigenvalue weighted by Crippen LogP contribution is -2.38. The second kappa shape index (κ2) is 6.08. The number of nitrogens with two attached hydrogens (primary N) is 1. The maximum atomic E-state index is 6.33. The van der Waals surface area contributed by atoms with Crippen LogP contribution in [0.3, 0.4) is 0 Å². The summed E-state index contributed by atoms with van der Waals surface area (Å²) in [5.74, 6) is 0. The molecule has 1 unspecified atom stereocenters. The first-order valence-electron chi connectivity index (χ1n) is 7.82. The highest BCUT2D eigenvalue weighted by Crippen LogP contribution is 2.28. The fraction of sp³-hybridized carbons (Fsp3) is 0.812. The van der Waals surface area contributed by atoms with Crippen LogP contribution in [0, 0.1) is 5.41 Å². The Kier molecular flexibility index (Phi) is 4.67. The summed E-state index contributed by atoms with van der Waals surface area (Å²) in [5.41, 5.74) is 7.67. The molecule has 0 radical (unpaired) electrons. The van der Waals surface area contributed by atoms with E-state index in [9.17, 15) is 0 Å². The molecular weight excluding hydrogens is 234 g/mol. The van der Waals surface area contributed by atoms with Crippen LogP contribution in [-0.4, -0.2) is 15.8 Å². The topological polar surface area (TPSA) is 43.8 Å². The van der Waals surface area contributed by atoms with Crippen LogP contribution in [0.1, 0.15) is 71.0 Å². The van der Waals surface area contributed by atoms with E-state index in [1.165, 1.54) is 32.1 Å². The van der Waals surface area contributed by atoms with Crippen LogP contribution in [0.15, 0.2) is 12.3 Å². The number of aromatic nitrogens is 2. The first-order valence-corrected chi connectivity index (χ1v) is 7.82. The van der Waals surface area contributed by atoms with Crippen molar-refractivity contribution >= 4 is 0 Å². The molecule has 19 heavy (non-hydrogen) atoms. The van der Waals surface area contributed by atoms with E-state index in [-0.39, 0.29) is 11.5 Å². The van der Waals surface area contributed by atoms with Crippen molar-refractivity contribution in [3.8, 4) is 0 Å². The highest BCUT2D eigenvalue weighted by Gasteiger charge is 2.25. The average molecular weight is 263 g/mol. The number of nitrogens with zero attached hydrogens (tertiary/aromatic N) is 2. The average Bonchev–Trinajstić information content (AvgIpc) is 2.88. The van der Waals surface area contributed by atoms with Crippen molar-refractivity contribution in [2.24, 2.45) is 11.1 Å². The van der Waals surface area contributed by atoms with Crippen LogP contribution in [0.5, 0.6) is 0 Å². The van der Waals surface area contributed by atoms with Gasteiger partial charge in [-0.25, -0.2) is 0 Å². The van der Waals surface area contributed by atoms with Crippen LogP contribution in [0.4, 0.5) is 0 Å². The molecule has 1 atom stereocenters. The second-order valence-corrected chi connectivity index (χ2v) is 6.73. The molecule has 0 spiro atoms. The van der Waals surface area contributed by atoms with E-state index in [1.54, 1.807) is 0 Å². The van der Waals surface area contributed by atoms with Gasteiger partial charge in [0.25, 0.3) is 0 Å². The van der Waals surface area contributed by atoms with Gasteiger partial charge in [0, 0.05) is 18.7 Å². The summed E-state index contributed by atoms with van der Waals surface area (Å²) in [6.45, 7) is 6.70. The minimum absolute atomic E-state index is 0.187. The molecule has 0 saturated heterocycles. The van der Waals surface area contributed by atoms with Gasteiger partial charge in [-0.05, 0) is 30.7 Å². The molecule has 0 amide bonds. The van der Waals surface area contributed by atoms with E-state index in [2.05, 4.69) is 37.7 Å². The summed E-state index contributed by atoms with van der Waals surface area (Å²) in [4.78, 5) is 0. The molecule has 1 aromatic heterocycles. The summed E-state index contributed by atoms with van der Waals surface area (Å²) >= 11 is 0. The van der Waals surface area contributed by atoms with Crippen LogP contribution < -0.4 is 5.73 Å². The Morgan fingerprint density at radius 1 is 1.37 bits per heavy atom. The van der Waals surface area contributed by atoms with Gasteiger partial charge in [0.05, 0.1) is 11.7 Å². The molecule has 1 aliphatic carbocycles. The van der Waals surface area contributed by atoms with E-state index >= 15 is 0 Å². The predicted octanol–water partition coefficient (Wildman–Crippen LogP) is 3.69. The lowest BCUT2D eigenvalue weighted by molar-refractivity contribution is 0.269. The standard InChI is InChI=1S/C16H29N3/c1-4-16(2,3)15(17)12-13-10-11-19(18-13)14-8-6-5-7-9-14/h10-11,14-15H,4-9,12,17H2,1-3H3. The molecule has 0 aliphatic heterocycles. The zero-order valence-corrected chi connectivity index (χ0v) is 12.7. The minimum Gasteiger partial charge on any atom is -0.327 e. The lowest BCUT2D eigenvalue weighted by Gasteiger charge is -2.30. The van der Waals surface area contributed by atoms with Gasteiger partial charge in [0.15, 0.2) is 0 Å². The van der Waals surface area contributed by atoms with E-state index in [0.717, 1.165) is 18.5 Å². The van der Waals surface area contributed by atoms with Crippen molar-refractivity contribution in [1.82, 2.24) is 9.78 Å². The first kappa shape index (κ1) is 14.6. The number of hydrogen-bond acceptors (Lipinski definition) is 2. The molecule has 1 heterocycles. The minimum atomic E-state index is 0.187. The zero-order chi connectivity index (χ0) is 13.9. The highest BCUT2D eigenvalue weighted by atomic mass is 15.3. The molecule has 1 aliphatic rings. The Bertz CT molecular complexity index is 388. The quantitative estimate of drug-likeness (QED) is 0.880. The largest absolute Gasteiger partial charge is 0.327 e. The van der Waals surface area contributed by atoms with Crippen LogP contribution in [-0.2, 0) is 6.42 Å². The summed E-state index contributed by atoms with van der Waals surface area (Å²) in [6.07, 6.45) is 10.8. The summed E-state index contributed by atoms with van der Waals surface area (Å²) in [6, 6.07) is 2.96. The Hall–Kier alpha value is -0.830. The van der Waals surface area contributed by atoms with Gasteiger partial charge in [-0.15, -0.1) is 0 Å². The van der Waals surface area contributed by atoms with Gasteiger partial charge < -0.3 is 5.73 Å². The number of rotatable bonds is 5. The van der Waals surface area contributed by atoms with Crippen molar-refractivity contribution in [1.29, 1.82) is 0 Å². The Labute approximate surface area is 117 Å². The lowest BCUT2D eigenvalue weighted by atomic mass is 9.80. The first-order chi connectivity index (χ1) is 9.03. The molecule has 0 bridgehead atoms. The third kappa shape index (κ3) is 3.59. The predicted molar refractivity (Wildman–Crippen MR) is 80.1 cm³/mol. The smallest absolute Gasteiger partial charge is 0.0640 e. The molecule has 1 fully saturated rings. The van der Waals surface area contributed by atoms with E-state index < -0.39 is 0 Å². The SMILES string of the molecule is CCC(C)(C)C(N)Cc1ccn(C2CCCCC2)n1. The normalized spacial score (nSPS) is 19.6. The maximum absolute atomic E-state index is 6.33. The molecule has 3 nitrogen and oxygen atoms in total. The third-order valence-electron chi connectivity index (χ3n) is 4.96. The second-order valence-electron chi connectivity index (χ2n) is 6.73. The van der Waals surface area contributed by atoms with Gasteiger partial charge >= 0.3 is 0 Å². The molecule has 108 valence electrons. The van der Waals surface area contributed by atoms with Crippen molar-refractivity contribution < 1.29 is 0 Å². The molecular formula is C16H29N3. The van der Waals surface area contributed by atoms with Crippen LogP contribution in [0.2, 0.25) is 0 Å². The van der Waals surface area contributed by atoms with Crippen LogP contribution in [0.25, 0.3) is 0 Å². The van der Waals surface area contributed by atoms with Gasteiger partial charge in [0.2, 0.25) is 0 Å². The van der Waals surface area contributed by atoms with Crippen LogP contribution >= 0.6 is 0 Å². The maximum Gasteiger partial charge on any atom is 0.0640 e. The molecule has 1 saturated carbocycles. The van der Waals surface area contributed by atoms with Crippen molar-refractivity contribution in [2.75, 3.05) is 0 Å². The summed E-state index contributed by atoms with van der Waals surface area (Å²) in [5, 5.41) is 4.76. The molecule has 2 rings (SSSR count). The Morgan fingerprint density at radius 2 is 2.05 bits per heavy atom. The summed E-state index contributed by atoms with van der Waals surface area (Å²) in [7, 11) is 0. The van der Waals surface area contributed by atoms with Crippen molar-refractivity contribution in [3.05, 3.63) is 18.0 Å². The van der Waals surface area contributed by atoms with Gasteiger partial charge in [-0.1, -0.05) is 40.0 Å². The van der Waals surface area contributed by atoms with Gasteiger partial charge in [-0.3, -0.25) is 4.68 Å². The number of hydrogen-bond donors (Lipinski definition) is 1.